The lowest BCUT2D eigenvalue weighted by molar-refractivity contribution is 0.476. The lowest BCUT2D eigenvalue weighted by Crippen LogP contribution is -2.20. The molecule has 3 N–H and O–H groups in total. The van der Waals surface area contributed by atoms with E-state index in [1.807, 2.05) is 49.4 Å². The summed E-state index contributed by atoms with van der Waals surface area (Å²) in [6.45, 7) is 1.94. The molecule has 1 spiro atoms. The third-order valence-electron chi connectivity index (χ3n) is 7.09. The van der Waals surface area contributed by atoms with Crippen molar-refractivity contribution in [2.24, 2.45) is 0 Å². The summed E-state index contributed by atoms with van der Waals surface area (Å²) < 4.78 is 0. The smallest absolute Gasteiger partial charge is 0.131 e. The normalized spacial score (nSPS) is 16.3. The summed E-state index contributed by atoms with van der Waals surface area (Å²) in [4.78, 5) is 0. The maximum absolute atomic E-state index is 11.2. The van der Waals surface area contributed by atoms with Crippen LogP contribution in [0.1, 0.15) is 49.3 Å². The van der Waals surface area contributed by atoms with Gasteiger partial charge in [0.1, 0.15) is 5.75 Å². The Bertz CT molecular complexity index is 1310. The molecule has 0 radical (unpaired) electrons. The highest BCUT2D eigenvalue weighted by Gasteiger charge is 2.45. The Morgan fingerprint density at radius 2 is 1.72 bits per heavy atom. The number of phenolic OH excluding ortho intramolecular Hbond substituents is 1. The molecule has 1 saturated carbocycles. The second-order valence-corrected chi connectivity index (χ2v) is 8.81. The fourth-order valence-electron chi connectivity index (χ4n) is 5.60. The summed E-state index contributed by atoms with van der Waals surface area (Å²) in [6.07, 6.45) is 16.1. The largest absolute Gasteiger partial charge is 0.507 e. The number of anilines is 1. The van der Waals surface area contributed by atoms with Crippen molar-refractivity contribution in [2.45, 2.75) is 38.0 Å². The first-order valence-electron chi connectivity index (χ1n) is 11.3. The minimum absolute atomic E-state index is 0.0269. The first-order chi connectivity index (χ1) is 15.6. The zero-order valence-corrected chi connectivity index (χ0v) is 18.4. The van der Waals surface area contributed by atoms with Gasteiger partial charge in [-0.15, -0.1) is 6.42 Å². The van der Waals surface area contributed by atoms with E-state index >= 15 is 0 Å². The summed E-state index contributed by atoms with van der Waals surface area (Å²) in [5.41, 5.74) is 15.5. The van der Waals surface area contributed by atoms with E-state index in [0.29, 0.717) is 11.1 Å². The van der Waals surface area contributed by atoms with Crippen LogP contribution in [0.5, 0.6) is 5.75 Å². The molecule has 5 rings (SSSR count). The van der Waals surface area contributed by atoms with Crippen molar-refractivity contribution in [2.75, 3.05) is 5.73 Å². The Hall–Kier alpha value is -3.70. The average Bonchev–Trinajstić information content (AvgIpc) is 3.40. The number of fused-ring (bicyclic) bond motifs is 5. The van der Waals surface area contributed by atoms with Crippen LogP contribution in [-0.2, 0) is 5.41 Å². The van der Waals surface area contributed by atoms with E-state index in [1.54, 1.807) is 0 Å². The first-order valence-corrected chi connectivity index (χ1v) is 11.3. The molecule has 0 saturated heterocycles. The average molecular weight is 418 g/mol. The van der Waals surface area contributed by atoms with Crippen LogP contribution in [0.3, 0.4) is 0 Å². The van der Waals surface area contributed by atoms with Crippen molar-refractivity contribution >= 4 is 11.3 Å². The second-order valence-electron chi connectivity index (χ2n) is 8.81. The van der Waals surface area contributed by atoms with Crippen LogP contribution in [0, 0.1) is 12.3 Å². The van der Waals surface area contributed by atoms with Gasteiger partial charge >= 0.3 is 0 Å². The van der Waals surface area contributed by atoms with Crippen LogP contribution in [0.2, 0.25) is 0 Å². The number of aromatic hydroxyl groups is 1. The molecule has 1 fully saturated rings. The molecule has 0 unspecified atom stereocenters. The third-order valence-corrected chi connectivity index (χ3v) is 7.09. The van der Waals surface area contributed by atoms with Gasteiger partial charge in [0.25, 0.3) is 0 Å². The SMILES string of the molecule is C#C/C(=C\C=C/C)c1cccc(-c2ccc3c(c2)C2(CCCC2)c2cc(N)ccc2-3)c1O. The third kappa shape index (κ3) is 2.97. The van der Waals surface area contributed by atoms with E-state index < -0.39 is 0 Å². The fraction of sp³-hybridized carbons (Fsp3) is 0.200. The van der Waals surface area contributed by atoms with Gasteiger partial charge < -0.3 is 10.8 Å². The van der Waals surface area contributed by atoms with Crippen molar-refractivity contribution in [3.63, 3.8) is 0 Å². The summed E-state index contributed by atoms with van der Waals surface area (Å²) in [6, 6.07) is 18.7. The molecular weight excluding hydrogens is 390 g/mol. The number of nitrogens with two attached hydrogens (primary N) is 1. The maximum Gasteiger partial charge on any atom is 0.131 e. The standard InChI is InChI=1S/C30H27NO/c1-3-5-9-20(4-2)23-10-8-11-24(29(23)32)21-12-14-25-26-15-13-22(31)19-28(26)30(27(25)18-21)16-6-7-17-30/h2-3,5,8-15,18-19,32H,6-7,16-17,31H2,1H3/b5-3-,20-9+. The molecule has 32 heavy (non-hydrogen) atoms. The Balaban J connectivity index is 1.67. The van der Waals surface area contributed by atoms with Gasteiger partial charge in [0, 0.05) is 27.8 Å². The number of nitrogen functional groups attached to an aromatic ring is 1. The summed E-state index contributed by atoms with van der Waals surface area (Å²) in [5.74, 6) is 2.93. The molecule has 3 aromatic rings. The molecule has 0 bridgehead atoms. The van der Waals surface area contributed by atoms with Gasteiger partial charge in [-0.1, -0.05) is 61.2 Å². The number of phenols is 1. The predicted molar refractivity (Wildman–Crippen MR) is 134 cm³/mol. The Kier molecular flexibility index (Phi) is 4.91. The monoisotopic (exact) mass is 417 g/mol. The van der Waals surface area contributed by atoms with Crippen molar-refractivity contribution in [3.05, 3.63) is 89.5 Å². The molecule has 158 valence electrons. The predicted octanol–water partition coefficient (Wildman–Crippen LogP) is 7.07. The molecule has 0 heterocycles. The topological polar surface area (TPSA) is 46.2 Å². The van der Waals surface area contributed by atoms with Gasteiger partial charge in [-0.2, -0.15) is 0 Å². The summed E-state index contributed by atoms with van der Waals surface area (Å²) in [7, 11) is 0. The van der Waals surface area contributed by atoms with E-state index in [1.165, 1.54) is 35.1 Å². The van der Waals surface area contributed by atoms with Crippen LogP contribution in [-0.4, -0.2) is 5.11 Å². The minimum atomic E-state index is 0.0269. The van der Waals surface area contributed by atoms with E-state index in [4.69, 9.17) is 12.2 Å². The van der Waals surface area contributed by atoms with E-state index in [2.05, 4.69) is 36.3 Å². The van der Waals surface area contributed by atoms with Gasteiger partial charge in [0.2, 0.25) is 0 Å². The van der Waals surface area contributed by atoms with Crippen molar-refractivity contribution in [3.8, 4) is 40.3 Å². The molecule has 2 nitrogen and oxygen atoms in total. The van der Waals surface area contributed by atoms with Gasteiger partial charge in [0.05, 0.1) is 0 Å². The zero-order chi connectivity index (χ0) is 22.3. The van der Waals surface area contributed by atoms with Crippen LogP contribution in [0.4, 0.5) is 5.69 Å². The number of para-hydroxylation sites is 1. The summed E-state index contributed by atoms with van der Waals surface area (Å²) in [5, 5.41) is 11.2. The number of allylic oxidation sites excluding steroid dienone is 4. The van der Waals surface area contributed by atoms with Gasteiger partial charge in [0.15, 0.2) is 0 Å². The fourth-order valence-corrected chi connectivity index (χ4v) is 5.60. The van der Waals surface area contributed by atoms with E-state index in [0.717, 1.165) is 29.7 Å². The molecule has 0 atom stereocenters. The number of hydrogen-bond acceptors (Lipinski definition) is 2. The van der Waals surface area contributed by atoms with Crippen LogP contribution >= 0.6 is 0 Å². The second kappa shape index (κ2) is 7.77. The lowest BCUT2D eigenvalue weighted by atomic mass is 9.76. The van der Waals surface area contributed by atoms with Crippen LogP contribution in [0.15, 0.2) is 72.8 Å². The van der Waals surface area contributed by atoms with E-state index in [9.17, 15) is 5.11 Å². The van der Waals surface area contributed by atoms with Crippen LogP contribution < -0.4 is 5.73 Å². The summed E-state index contributed by atoms with van der Waals surface area (Å²) >= 11 is 0. The number of terminal acetylenes is 1. The zero-order valence-electron chi connectivity index (χ0n) is 18.4. The Morgan fingerprint density at radius 3 is 2.44 bits per heavy atom. The molecule has 2 heteroatoms. The highest BCUT2D eigenvalue weighted by molar-refractivity contribution is 5.89. The molecule has 0 aromatic heterocycles. The van der Waals surface area contributed by atoms with Gasteiger partial charge in [-0.25, -0.2) is 0 Å². The van der Waals surface area contributed by atoms with Crippen molar-refractivity contribution < 1.29 is 5.11 Å². The highest BCUT2D eigenvalue weighted by Crippen LogP contribution is 2.58. The Labute approximate surface area is 190 Å². The highest BCUT2D eigenvalue weighted by atomic mass is 16.3. The quantitative estimate of drug-likeness (QED) is 0.272. The number of hydrogen-bond donors (Lipinski definition) is 2. The lowest BCUT2D eigenvalue weighted by Gasteiger charge is -2.27. The molecule has 2 aliphatic carbocycles. The van der Waals surface area contributed by atoms with Gasteiger partial charge in [-0.05, 0) is 77.9 Å². The molecule has 3 aromatic carbocycles. The molecule has 0 aliphatic heterocycles. The van der Waals surface area contributed by atoms with E-state index in [-0.39, 0.29) is 11.2 Å². The van der Waals surface area contributed by atoms with Crippen molar-refractivity contribution in [1.29, 1.82) is 0 Å². The Morgan fingerprint density at radius 1 is 1.00 bits per heavy atom. The first kappa shape index (κ1) is 20.2. The van der Waals surface area contributed by atoms with Crippen molar-refractivity contribution in [1.82, 2.24) is 0 Å². The molecule has 0 amide bonds. The number of benzene rings is 3. The van der Waals surface area contributed by atoms with Gasteiger partial charge in [-0.3, -0.25) is 0 Å². The molecule has 2 aliphatic rings. The maximum atomic E-state index is 11.2. The van der Waals surface area contributed by atoms with Crippen LogP contribution in [0.25, 0.3) is 27.8 Å². The minimum Gasteiger partial charge on any atom is -0.507 e. The number of rotatable bonds is 3. The molecular formula is C30H27NO.